The molecule has 13 heteroatoms. The fraction of sp³-hybridized carbons (Fsp3) is 0.409. The molecule has 1 aromatic carbocycles. The first-order chi connectivity index (χ1) is 17.9. The van der Waals surface area contributed by atoms with Crippen molar-refractivity contribution in [1.82, 2.24) is 29.0 Å². The number of fused-ring (bicyclic) bond motifs is 2. The SMILES string of the molecule is [2H]C([2H])([2H])Oc1nc(N[C@H]2CCN(C)C[C@H]2F)nn2cc(F)c(-c3cc(F)c4ncn(CC(F)F)c4c3)c12. The predicted octanol–water partition coefficient (Wildman–Crippen LogP) is 3.75. The number of benzene rings is 1. The van der Waals surface area contributed by atoms with Gasteiger partial charge >= 0.3 is 0 Å². The number of nitrogens with one attached hydrogen (secondary N) is 1. The number of hydrogen-bond donors (Lipinski definition) is 1. The number of hydrogen-bond acceptors (Lipinski definition) is 6. The fourth-order valence-corrected chi connectivity index (χ4v) is 4.37. The van der Waals surface area contributed by atoms with Gasteiger partial charge in [-0.2, -0.15) is 4.98 Å². The van der Waals surface area contributed by atoms with Crippen molar-refractivity contribution >= 4 is 22.5 Å². The second-order valence-corrected chi connectivity index (χ2v) is 8.42. The van der Waals surface area contributed by atoms with Crippen LogP contribution in [-0.2, 0) is 6.54 Å². The molecule has 1 aliphatic rings. The molecule has 5 rings (SSSR count). The average Bonchev–Trinajstić information content (AvgIpc) is 3.35. The summed E-state index contributed by atoms with van der Waals surface area (Å²) < 4.78 is 100. The maximum absolute atomic E-state index is 15.3. The van der Waals surface area contributed by atoms with E-state index >= 15 is 4.39 Å². The molecule has 1 saturated heterocycles. The van der Waals surface area contributed by atoms with Gasteiger partial charge in [-0.25, -0.2) is 31.5 Å². The van der Waals surface area contributed by atoms with Crippen molar-refractivity contribution in [1.29, 1.82) is 0 Å². The third-order valence-electron chi connectivity index (χ3n) is 6.01. The highest BCUT2D eigenvalue weighted by atomic mass is 19.3. The van der Waals surface area contributed by atoms with E-state index in [2.05, 4.69) is 20.4 Å². The Balaban J connectivity index is 1.64. The Kier molecular flexibility index (Phi) is 5.06. The van der Waals surface area contributed by atoms with Gasteiger partial charge in [0.05, 0.1) is 47.3 Å². The minimum absolute atomic E-state index is 0.0206. The third-order valence-corrected chi connectivity index (χ3v) is 6.01. The van der Waals surface area contributed by atoms with Gasteiger partial charge in [-0.3, -0.25) is 0 Å². The van der Waals surface area contributed by atoms with E-state index in [4.69, 9.17) is 8.85 Å². The number of ether oxygens (including phenoxy) is 1. The normalized spacial score (nSPS) is 20.8. The molecule has 1 N–H and O–H groups in total. The van der Waals surface area contributed by atoms with Crippen molar-refractivity contribution in [3.05, 3.63) is 36.3 Å². The number of anilines is 1. The van der Waals surface area contributed by atoms with Crippen LogP contribution in [0.15, 0.2) is 24.7 Å². The predicted molar refractivity (Wildman–Crippen MR) is 119 cm³/mol. The Labute approximate surface area is 200 Å². The molecule has 3 aromatic heterocycles. The summed E-state index contributed by atoms with van der Waals surface area (Å²) in [5, 5.41) is 6.97. The lowest BCUT2D eigenvalue weighted by molar-refractivity contribution is 0.128. The second kappa shape index (κ2) is 8.95. The number of methoxy groups -OCH3 is 1. The Morgan fingerprint density at radius 3 is 2.86 bits per heavy atom. The molecule has 35 heavy (non-hydrogen) atoms. The summed E-state index contributed by atoms with van der Waals surface area (Å²) in [6, 6.07) is 1.51. The summed E-state index contributed by atoms with van der Waals surface area (Å²) in [7, 11) is -1.23. The van der Waals surface area contributed by atoms with Crippen molar-refractivity contribution < 1.29 is 30.8 Å². The van der Waals surface area contributed by atoms with Crippen LogP contribution in [0.4, 0.5) is 27.9 Å². The maximum atomic E-state index is 15.3. The first-order valence-corrected chi connectivity index (χ1v) is 10.7. The molecular formula is C22H22F5N7O. The first kappa shape index (κ1) is 19.8. The molecule has 4 aromatic rings. The monoisotopic (exact) mass is 498 g/mol. The Bertz CT molecular complexity index is 1490. The highest BCUT2D eigenvalue weighted by molar-refractivity contribution is 5.90. The van der Waals surface area contributed by atoms with Gasteiger partial charge < -0.3 is 19.5 Å². The zero-order valence-corrected chi connectivity index (χ0v) is 18.4. The van der Waals surface area contributed by atoms with E-state index in [0.29, 0.717) is 13.0 Å². The van der Waals surface area contributed by atoms with Gasteiger partial charge in [-0.15, -0.1) is 5.10 Å². The molecule has 0 amide bonds. The van der Waals surface area contributed by atoms with Crippen molar-refractivity contribution in [2.45, 2.75) is 31.6 Å². The standard InChI is InChI=1S/C22H22F5N7O/c1-32-4-3-15(13(24)7-32)29-22-30-21(35-2)20-18(14(25)8-34(20)31-22)11-5-12(23)19-16(6-11)33(10-28-19)9-17(26)27/h5-6,8,10,13,15,17H,3-4,7,9H2,1-2H3,(H,29,31)/t13-,15+/m1/s1/i2D3. The van der Waals surface area contributed by atoms with Gasteiger partial charge in [0.2, 0.25) is 11.8 Å². The number of rotatable bonds is 6. The van der Waals surface area contributed by atoms with E-state index in [1.807, 2.05) is 4.90 Å². The summed E-state index contributed by atoms with van der Waals surface area (Å²) in [5.74, 6) is -2.61. The topological polar surface area (TPSA) is 72.5 Å². The largest absolute Gasteiger partial charge is 0.479 e. The molecular weight excluding hydrogens is 473 g/mol. The molecule has 2 atom stereocenters. The average molecular weight is 498 g/mol. The van der Waals surface area contributed by atoms with Gasteiger partial charge in [0.25, 0.3) is 6.43 Å². The molecule has 0 saturated carbocycles. The molecule has 1 fully saturated rings. The molecule has 0 bridgehead atoms. The lowest BCUT2D eigenvalue weighted by Gasteiger charge is -2.32. The number of piperidine rings is 1. The molecule has 0 unspecified atom stereocenters. The van der Waals surface area contributed by atoms with Gasteiger partial charge in [-0.1, -0.05) is 0 Å². The number of alkyl halides is 3. The highest BCUT2D eigenvalue weighted by Crippen LogP contribution is 2.36. The molecule has 186 valence electrons. The van der Waals surface area contributed by atoms with Crippen LogP contribution in [0.5, 0.6) is 5.88 Å². The summed E-state index contributed by atoms with van der Waals surface area (Å²) in [4.78, 5) is 9.71. The summed E-state index contributed by atoms with van der Waals surface area (Å²) in [6.07, 6.45) is -1.67. The third kappa shape index (κ3) is 4.24. The van der Waals surface area contributed by atoms with Gasteiger partial charge in [-0.05, 0) is 31.2 Å². The van der Waals surface area contributed by atoms with E-state index in [1.165, 1.54) is 6.07 Å². The summed E-state index contributed by atoms with van der Waals surface area (Å²) in [6.45, 7) is -0.00901. The lowest BCUT2D eigenvalue weighted by Crippen LogP contribution is -2.46. The van der Waals surface area contributed by atoms with E-state index < -0.39 is 49.7 Å². The van der Waals surface area contributed by atoms with Crippen LogP contribution >= 0.6 is 0 Å². The number of halogens is 5. The minimum Gasteiger partial charge on any atom is -0.479 e. The molecule has 1 aliphatic heterocycles. The molecule has 0 radical (unpaired) electrons. The van der Waals surface area contributed by atoms with E-state index in [1.54, 1.807) is 7.05 Å². The van der Waals surface area contributed by atoms with E-state index in [9.17, 15) is 17.6 Å². The van der Waals surface area contributed by atoms with Crippen molar-refractivity contribution in [3.8, 4) is 17.0 Å². The van der Waals surface area contributed by atoms with Gasteiger partial charge in [0.15, 0.2) is 11.6 Å². The number of nitrogens with zero attached hydrogens (tertiary/aromatic N) is 6. The Morgan fingerprint density at radius 1 is 1.29 bits per heavy atom. The van der Waals surface area contributed by atoms with Crippen LogP contribution in [0.2, 0.25) is 0 Å². The number of imidazole rings is 1. The highest BCUT2D eigenvalue weighted by Gasteiger charge is 2.29. The second-order valence-electron chi connectivity index (χ2n) is 8.42. The van der Waals surface area contributed by atoms with Crippen molar-refractivity contribution in [3.63, 3.8) is 0 Å². The van der Waals surface area contributed by atoms with E-state index in [0.717, 1.165) is 27.7 Å². The lowest BCUT2D eigenvalue weighted by atomic mass is 10.0. The summed E-state index contributed by atoms with van der Waals surface area (Å²) in [5.41, 5.74) is -0.885. The fourth-order valence-electron chi connectivity index (χ4n) is 4.37. The van der Waals surface area contributed by atoms with Gasteiger partial charge in [0.1, 0.15) is 17.2 Å². The minimum atomic E-state index is -3.01. The van der Waals surface area contributed by atoms with Crippen molar-refractivity contribution in [2.75, 3.05) is 32.5 Å². The summed E-state index contributed by atoms with van der Waals surface area (Å²) >= 11 is 0. The van der Waals surface area contributed by atoms with Crippen LogP contribution in [0.1, 0.15) is 10.5 Å². The first-order valence-electron chi connectivity index (χ1n) is 12.2. The van der Waals surface area contributed by atoms with Gasteiger partial charge in [0, 0.05) is 13.1 Å². The number of likely N-dealkylation sites (tertiary alicyclic amines) is 1. The molecule has 0 aliphatic carbocycles. The van der Waals surface area contributed by atoms with E-state index in [-0.39, 0.29) is 40.2 Å². The maximum Gasteiger partial charge on any atom is 0.256 e. The quantitative estimate of drug-likeness (QED) is 0.409. The molecule has 8 nitrogen and oxygen atoms in total. The molecule has 4 heterocycles. The van der Waals surface area contributed by atoms with Crippen LogP contribution in [0.3, 0.4) is 0 Å². The van der Waals surface area contributed by atoms with Crippen molar-refractivity contribution in [2.24, 2.45) is 0 Å². The number of aromatic nitrogens is 5. The zero-order valence-electron chi connectivity index (χ0n) is 21.4. The zero-order chi connectivity index (χ0) is 27.4. The Morgan fingerprint density at radius 2 is 2.11 bits per heavy atom. The Hall–Kier alpha value is -3.48. The molecule has 0 spiro atoms. The van der Waals surface area contributed by atoms with Crippen LogP contribution in [0, 0.1) is 11.6 Å². The van der Waals surface area contributed by atoms with Crippen LogP contribution in [0.25, 0.3) is 27.7 Å². The smallest absolute Gasteiger partial charge is 0.256 e. The van der Waals surface area contributed by atoms with Crippen LogP contribution < -0.4 is 10.1 Å². The van der Waals surface area contributed by atoms with Crippen LogP contribution in [-0.4, -0.2) is 74.9 Å².